The Bertz CT molecular complexity index is 944. The number of rotatable bonds is 5. The van der Waals surface area contributed by atoms with Crippen molar-refractivity contribution in [3.05, 3.63) is 53.8 Å². The maximum absolute atomic E-state index is 13.5. The summed E-state index contributed by atoms with van der Waals surface area (Å²) in [6, 6.07) is 12.1. The van der Waals surface area contributed by atoms with E-state index in [4.69, 9.17) is 4.74 Å². The summed E-state index contributed by atoms with van der Waals surface area (Å²) in [5.41, 5.74) is 2.96. The van der Waals surface area contributed by atoms with Crippen LogP contribution in [0.25, 0.3) is 10.9 Å². The minimum Gasteiger partial charge on any atom is -0.494 e. The van der Waals surface area contributed by atoms with Crippen molar-refractivity contribution in [2.45, 2.75) is 12.8 Å². The number of halogens is 1. The van der Waals surface area contributed by atoms with Gasteiger partial charge in [-0.1, -0.05) is 0 Å². The van der Waals surface area contributed by atoms with Crippen LogP contribution in [0.15, 0.2) is 47.5 Å². The van der Waals surface area contributed by atoms with Crippen molar-refractivity contribution in [2.75, 3.05) is 25.1 Å². The molecule has 6 heteroatoms. The number of nitrogens with one attached hydrogen (secondary N) is 2. The van der Waals surface area contributed by atoms with E-state index in [9.17, 15) is 9.50 Å². The standard InChI is InChI=1S/C21H22FN3O2/c22-15-1-6-20-18(11-15)19(21(26)25-20)13-24-17-4-2-16(3-5-17)23-12-14-7-9-27-10-8-14/h1-6,11,13-14,23,25-26H,7-10,12H2. The molecule has 27 heavy (non-hydrogen) atoms. The molecule has 0 radical (unpaired) electrons. The van der Waals surface area contributed by atoms with Crippen LogP contribution in [0, 0.1) is 11.7 Å². The van der Waals surface area contributed by atoms with Crippen LogP contribution in [0.5, 0.6) is 5.88 Å². The van der Waals surface area contributed by atoms with E-state index in [1.54, 1.807) is 12.3 Å². The molecule has 5 nitrogen and oxygen atoms in total. The van der Waals surface area contributed by atoms with Crippen molar-refractivity contribution < 1.29 is 14.2 Å². The number of aliphatic imine (C=N–C) groups is 1. The first-order valence-corrected chi connectivity index (χ1v) is 9.15. The monoisotopic (exact) mass is 367 g/mol. The minimum atomic E-state index is -0.351. The third-order valence-corrected chi connectivity index (χ3v) is 4.93. The van der Waals surface area contributed by atoms with Gasteiger partial charge in [0.2, 0.25) is 0 Å². The molecule has 1 aliphatic heterocycles. The summed E-state index contributed by atoms with van der Waals surface area (Å²) in [5, 5.41) is 14.1. The third kappa shape index (κ3) is 4.11. The van der Waals surface area contributed by atoms with E-state index in [1.807, 2.05) is 24.3 Å². The van der Waals surface area contributed by atoms with Gasteiger partial charge in [0.05, 0.1) is 11.3 Å². The fourth-order valence-corrected chi connectivity index (χ4v) is 3.32. The lowest BCUT2D eigenvalue weighted by Crippen LogP contribution is -2.22. The highest BCUT2D eigenvalue weighted by Crippen LogP contribution is 2.27. The third-order valence-electron chi connectivity index (χ3n) is 4.93. The van der Waals surface area contributed by atoms with Crippen LogP contribution in [0.1, 0.15) is 18.4 Å². The Balaban J connectivity index is 1.44. The van der Waals surface area contributed by atoms with Gasteiger partial charge in [-0.3, -0.25) is 4.99 Å². The van der Waals surface area contributed by atoms with Gasteiger partial charge in [0.25, 0.3) is 0 Å². The first-order valence-electron chi connectivity index (χ1n) is 9.15. The van der Waals surface area contributed by atoms with Crippen LogP contribution in [0.2, 0.25) is 0 Å². The summed E-state index contributed by atoms with van der Waals surface area (Å²) in [5.74, 6) is 0.284. The van der Waals surface area contributed by atoms with E-state index in [-0.39, 0.29) is 11.7 Å². The van der Waals surface area contributed by atoms with Crippen LogP contribution < -0.4 is 5.32 Å². The number of ether oxygens (including phenoxy) is 1. The number of aromatic hydroxyl groups is 1. The number of benzene rings is 2. The van der Waals surface area contributed by atoms with Crippen molar-refractivity contribution in [2.24, 2.45) is 10.9 Å². The summed E-state index contributed by atoms with van der Waals surface area (Å²) in [6.07, 6.45) is 3.76. The Morgan fingerprint density at radius 1 is 1.19 bits per heavy atom. The van der Waals surface area contributed by atoms with Gasteiger partial charge in [-0.15, -0.1) is 0 Å². The zero-order chi connectivity index (χ0) is 18.6. The maximum Gasteiger partial charge on any atom is 0.198 e. The SMILES string of the molecule is Oc1[nH]c2ccc(F)cc2c1C=Nc1ccc(NCC2CCOCC2)cc1. The van der Waals surface area contributed by atoms with Gasteiger partial charge in [-0.25, -0.2) is 4.39 Å². The molecule has 3 N–H and O–H groups in total. The van der Waals surface area contributed by atoms with Crippen LogP contribution in [0.4, 0.5) is 15.8 Å². The van der Waals surface area contributed by atoms with Gasteiger partial charge in [-0.2, -0.15) is 0 Å². The minimum absolute atomic E-state index is 0.0194. The lowest BCUT2D eigenvalue weighted by Gasteiger charge is -2.22. The predicted octanol–water partition coefficient (Wildman–Crippen LogP) is 4.60. The summed E-state index contributed by atoms with van der Waals surface area (Å²) < 4.78 is 18.9. The van der Waals surface area contributed by atoms with Gasteiger partial charge < -0.3 is 20.1 Å². The molecule has 4 rings (SSSR count). The van der Waals surface area contributed by atoms with Crippen LogP contribution in [-0.2, 0) is 4.74 Å². The van der Waals surface area contributed by atoms with Crippen molar-refractivity contribution in [3.63, 3.8) is 0 Å². The Labute approximate surface area is 156 Å². The van der Waals surface area contributed by atoms with E-state index in [2.05, 4.69) is 15.3 Å². The van der Waals surface area contributed by atoms with Crippen LogP contribution in [-0.4, -0.2) is 36.1 Å². The highest BCUT2D eigenvalue weighted by atomic mass is 19.1. The number of aromatic amines is 1. The molecule has 1 aromatic heterocycles. The molecule has 140 valence electrons. The lowest BCUT2D eigenvalue weighted by atomic mass is 10.0. The highest BCUT2D eigenvalue weighted by molar-refractivity contribution is 6.02. The summed E-state index contributed by atoms with van der Waals surface area (Å²) in [7, 11) is 0. The second-order valence-corrected chi connectivity index (χ2v) is 6.82. The smallest absolute Gasteiger partial charge is 0.198 e. The van der Waals surface area contributed by atoms with Crippen molar-refractivity contribution in [1.82, 2.24) is 4.98 Å². The number of nitrogens with zero attached hydrogens (tertiary/aromatic N) is 1. The van der Waals surface area contributed by atoms with Crippen molar-refractivity contribution in [3.8, 4) is 5.88 Å². The number of aromatic nitrogens is 1. The highest BCUT2D eigenvalue weighted by Gasteiger charge is 2.13. The number of H-pyrrole nitrogens is 1. The second-order valence-electron chi connectivity index (χ2n) is 6.82. The largest absolute Gasteiger partial charge is 0.494 e. The molecule has 2 aromatic carbocycles. The van der Waals surface area contributed by atoms with Gasteiger partial charge >= 0.3 is 0 Å². The topological polar surface area (TPSA) is 69.6 Å². The fraction of sp³-hybridized carbons (Fsp3) is 0.286. The molecule has 0 bridgehead atoms. The molecule has 0 atom stereocenters. The Morgan fingerprint density at radius 2 is 1.96 bits per heavy atom. The molecule has 0 unspecified atom stereocenters. The van der Waals surface area contributed by atoms with Gasteiger partial charge in [0.1, 0.15) is 5.82 Å². The molecule has 0 spiro atoms. The number of hydrogen-bond acceptors (Lipinski definition) is 4. The van der Waals surface area contributed by atoms with E-state index in [0.717, 1.165) is 44.0 Å². The molecule has 1 aliphatic rings. The molecule has 1 saturated heterocycles. The summed E-state index contributed by atoms with van der Waals surface area (Å²) >= 11 is 0. The van der Waals surface area contributed by atoms with E-state index in [1.165, 1.54) is 12.1 Å². The van der Waals surface area contributed by atoms with Gasteiger partial charge in [0, 0.05) is 42.6 Å². The van der Waals surface area contributed by atoms with Crippen molar-refractivity contribution >= 4 is 28.5 Å². The zero-order valence-corrected chi connectivity index (χ0v) is 14.9. The fourth-order valence-electron chi connectivity index (χ4n) is 3.32. The number of hydrogen-bond donors (Lipinski definition) is 3. The molecular weight excluding hydrogens is 345 g/mol. The Kier molecular flexibility index (Phi) is 5.07. The quantitative estimate of drug-likeness (QED) is 0.577. The molecule has 1 fully saturated rings. The Morgan fingerprint density at radius 3 is 2.74 bits per heavy atom. The Hall–Kier alpha value is -2.86. The van der Waals surface area contributed by atoms with E-state index >= 15 is 0 Å². The van der Waals surface area contributed by atoms with Gasteiger partial charge in [0.15, 0.2) is 5.88 Å². The average molecular weight is 367 g/mol. The molecule has 0 saturated carbocycles. The summed E-state index contributed by atoms with van der Waals surface area (Å²) in [6.45, 7) is 2.65. The zero-order valence-electron chi connectivity index (χ0n) is 14.9. The van der Waals surface area contributed by atoms with Crippen LogP contribution in [0.3, 0.4) is 0 Å². The average Bonchev–Trinajstić information content (AvgIpc) is 3.01. The number of fused-ring (bicyclic) bond motifs is 1. The second kappa shape index (κ2) is 7.80. The molecule has 2 heterocycles. The first-order chi connectivity index (χ1) is 13.2. The predicted molar refractivity (Wildman–Crippen MR) is 106 cm³/mol. The summed E-state index contributed by atoms with van der Waals surface area (Å²) in [4.78, 5) is 7.23. The number of anilines is 1. The lowest BCUT2D eigenvalue weighted by molar-refractivity contribution is 0.0699. The first kappa shape index (κ1) is 17.5. The van der Waals surface area contributed by atoms with Crippen molar-refractivity contribution in [1.29, 1.82) is 0 Å². The molecule has 0 amide bonds. The van der Waals surface area contributed by atoms with E-state index < -0.39 is 0 Å². The van der Waals surface area contributed by atoms with Gasteiger partial charge in [-0.05, 0) is 61.2 Å². The molecular formula is C21H22FN3O2. The normalized spacial score (nSPS) is 15.6. The maximum atomic E-state index is 13.5. The van der Waals surface area contributed by atoms with E-state index in [0.29, 0.717) is 22.4 Å². The van der Waals surface area contributed by atoms with Crippen LogP contribution >= 0.6 is 0 Å². The molecule has 0 aliphatic carbocycles. The molecule has 3 aromatic rings.